The van der Waals surface area contributed by atoms with Gasteiger partial charge in [-0.3, -0.25) is 33.6 Å². The smallest absolute Gasteiger partial charge is 0.251 e. The summed E-state index contributed by atoms with van der Waals surface area (Å²) in [6.45, 7) is 5.77. The zero-order chi connectivity index (χ0) is 64.3. The molecule has 0 aromatic heterocycles. The zero-order valence-corrected chi connectivity index (χ0v) is 50.5. The van der Waals surface area contributed by atoms with Gasteiger partial charge in [0.15, 0.2) is 6.23 Å². The topological polar surface area (TPSA) is 369 Å². The minimum atomic E-state index is -2.31. The number of aliphatic hydroxyl groups excluding tert-OH is 7. The van der Waals surface area contributed by atoms with E-state index in [-0.39, 0.29) is 30.8 Å². The molecule has 0 aliphatic carbocycles. The van der Waals surface area contributed by atoms with Crippen molar-refractivity contribution in [3.63, 3.8) is 0 Å². The number of fused-ring (bicyclic) bond motifs is 2. The molecule has 3 aliphatic rings. The quantitative estimate of drug-likeness (QED) is 0.0427. The van der Waals surface area contributed by atoms with Gasteiger partial charge in [-0.1, -0.05) is 99.5 Å². The second-order valence-electron chi connectivity index (χ2n) is 24.1. The molecule has 0 saturated carbocycles. The Kier molecular flexibility index (Phi) is 23.2. The minimum absolute atomic E-state index is 0.0445. The lowest BCUT2D eigenvalue weighted by Gasteiger charge is -2.34. The zero-order valence-electron chi connectivity index (χ0n) is 50.5. The Morgan fingerprint density at radius 2 is 1.19 bits per heavy atom. The molecule has 4 aromatic rings. The SMILES string of the molecule is CCCCCOc1ccc(-c2ccc(-c3ccc(C(=O)N[C@H]4C[C@H](O)[C@@H](OCC[N+](C)(C)C)NC(=O)C5[C@@H](O)[C@@H](C)CN5C(=O)C([C@@H](C)O)NC(=O)C([C@H](O)[C@@H](O)c5ccc([O-])cc5)NC(=O)C5C[C@@H](O)CN5C(=O)C([C@@H](C)O)NC4=O)cc3)cc2)cc1. The van der Waals surface area contributed by atoms with Crippen molar-refractivity contribution in [3.8, 4) is 33.8 Å². The van der Waals surface area contributed by atoms with E-state index in [1.54, 1.807) is 12.1 Å². The molecule has 3 heterocycles. The molecule has 25 nitrogen and oxygen atoms in total. The summed E-state index contributed by atoms with van der Waals surface area (Å²) in [5, 5.41) is 104. The monoisotopic (exact) mass is 1220 g/mol. The van der Waals surface area contributed by atoms with Crippen LogP contribution in [0.4, 0.5) is 0 Å². The number of ether oxygens (including phenoxy) is 2. The summed E-state index contributed by atoms with van der Waals surface area (Å²) in [4.78, 5) is 104. The van der Waals surface area contributed by atoms with Gasteiger partial charge in [0.1, 0.15) is 66.9 Å². The molecule has 0 bridgehead atoms. The number of carbonyl (C=O) groups excluding carboxylic acids is 7. The molecular formula is C63H84N8O17. The van der Waals surface area contributed by atoms with E-state index in [1.807, 2.05) is 69.7 Å². The van der Waals surface area contributed by atoms with Crippen LogP contribution >= 0.6 is 0 Å². The molecule has 15 atom stereocenters. The number of unbranched alkanes of at least 4 members (excludes halogenated alkanes) is 2. The van der Waals surface area contributed by atoms with E-state index in [0.717, 1.165) is 95.2 Å². The predicted molar refractivity (Wildman–Crippen MR) is 318 cm³/mol. The lowest BCUT2D eigenvalue weighted by molar-refractivity contribution is -0.870. The van der Waals surface area contributed by atoms with Crippen molar-refractivity contribution in [3.05, 3.63) is 108 Å². The van der Waals surface area contributed by atoms with Gasteiger partial charge in [-0.15, -0.1) is 5.75 Å². The molecule has 4 aromatic carbocycles. The molecular weight excluding hydrogens is 1140 g/mol. The molecule has 5 unspecified atom stereocenters. The van der Waals surface area contributed by atoms with Gasteiger partial charge >= 0.3 is 0 Å². The van der Waals surface area contributed by atoms with Crippen molar-refractivity contribution in [1.29, 1.82) is 0 Å². The minimum Gasteiger partial charge on any atom is -0.872 e. The highest BCUT2D eigenvalue weighted by Gasteiger charge is 2.50. The van der Waals surface area contributed by atoms with Gasteiger partial charge in [-0.05, 0) is 72.4 Å². The molecule has 478 valence electrons. The maximum Gasteiger partial charge on any atom is 0.251 e. The van der Waals surface area contributed by atoms with Crippen LogP contribution in [0.5, 0.6) is 11.5 Å². The fraction of sp³-hybridized carbons (Fsp3) is 0.508. The van der Waals surface area contributed by atoms with Crippen molar-refractivity contribution in [2.45, 2.75) is 145 Å². The van der Waals surface area contributed by atoms with E-state index < -0.39 is 158 Å². The lowest BCUT2D eigenvalue weighted by Crippen LogP contribution is -2.64. The summed E-state index contributed by atoms with van der Waals surface area (Å²) < 4.78 is 12.3. The number of aliphatic hydroxyl groups is 7. The maximum absolute atomic E-state index is 14.8. The van der Waals surface area contributed by atoms with Gasteiger partial charge in [0.25, 0.3) is 5.91 Å². The molecule has 12 N–H and O–H groups in total. The standard InChI is InChI=1S/C63H84N8O17/c1-8-9-10-28-87-45-25-21-40(22-26-45)38-13-11-37(12-14-38)39-15-17-42(18-16-39)56(80)64-46-31-48(76)61(88-29-27-71(5,6)7)68-60(84)52-53(77)34(2)32-70(52)63(86)50(36(4)73)66-59(83)51(55(79)54(78)41-19-23-43(74)24-20-41)67-58(82)47-30-44(75)33-69(47)62(85)49(35(3)72)65-57(46)81/h11-26,34-36,44,46-55,61,72-73,75-79H,8-10,27-33H2,1-7H3,(H5-,64,65,66,67,68,74,80,81,82,83,84)/t34-,35+,36+,44+,46-,47?,48-,49?,50?,51?,52?,53-,54-,55-,61+/m0/s1. The Labute approximate surface area is 511 Å². The average molecular weight is 1230 g/mol. The van der Waals surface area contributed by atoms with E-state index in [9.17, 15) is 74.4 Å². The largest absolute Gasteiger partial charge is 0.872 e. The normalized spacial score (nSPS) is 26.7. The van der Waals surface area contributed by atoms with E-state index >= 15 is 0 Å². The van der Waals surface area contributed by atoms with Gasteiger partial charge < -0.3 is 91.2 Å². The van der Waals surface area contributed by atoms with Crippen LogP contribution in [0.2, 0.25) is 0 Å². The second kappa shape index (κ2) is 30.1. The van der Waals surface area contributed by atoms with Crippen LogP contribution < -0.4 is 36.4 Å². The first-order valence-corrected chi connectivity index (χ1v) is 29.7. The van der Waals surface area contributed by atoms with Crippen LogP contribution in [0.3, 0.4) is 0 Å². The number of nitrogens with one attached hydrogen (secondary N) is 5. The number of hydrogen-bond donors (Lipinski definition) is 12. The fourth-order valence-electron chi connectivity index (χ4n) is 10.8. The third-order valence-corrected chi connectivity index (χ3v) is 16.1. The summed E-state index contributed by atoms with van der Waals surface area (Å²) in [7, 11) is 5.52. The number of amides is 7. The predicted octanol–water partition coefficient (Wildman–Crippen LogP) is -0.829. The second-order valence-corrected chi connectivity index (χ2v) is 24.1. The highest BCUT2D eigenvalue weighted by atomic mass is 16.5. The van der Waals surface area contributed by atoms with Crippen molar-refractivity contribution in [2.75, 3.05) is 54.0 Å². The van der Waals surface area contributed by atoms with E-state index in [4.69, 9.17) is 9.47 Å². The summed E-state index contributed by atoms with van der Waals surface area (Å²) in [6.07, 6.45) is -12.7. The van der Waals surface area contributed by atoms with Gasteiger partial charge in [-0.25, -0.2) is 0 Å². The molecule has 88 heavy (non-hydrogen) atoms. The van der Waals surface area contributed by atoms with E-state index in [1.165, 1.54) is 19.1 Å². The van der Waals surface area contributed by atoms with Gasteiger partial charge in [0.05, 0.1) is 58.8 Å². The van der Waals surface area contributed by atoms with Crippen molar-refractivity contribution in [1.82, 2.24) is 36.4 Å². The van der Waals surface area contributed by atoms with Crippen LogP contribution in [-0.2, 0) is 33.5 Å². The maximum atomic E-state index is 14.8. The van der Waals surface area contributed by atoms with Gasteiger partial charge in [0, 0.05) is 37.4 Å². The molecule has 3 aliphatic heterocycles. The first-order valence-electron chi connectivity index (χ1n) is 29.7. The summed E-state index contributed by atoms with van der Waals surface area (Å²) in [5.74, 6) is -8.54. The summed E-state index contributed by atoms with van der Waals surface area (Å²) in [6, 6.07) is 14.9. The van der Waals surface area contributed by atoms with Crippen molar-refractivity contribution >= 4 is 41.4 Å². The first kappa shape index (κ1) is 67.9. The van der Waals surface area contributed by atoms with Crippen molar-refractivity contribution < 1.29 is 88.4 Å². The van der Waals surface area contributed by atoms with Crippen LogP contribution in [0.15, 0.2) is 97.1 Å². The number of nitrogens with zero attached hydrogens (tertiary/aromatic N) is 3. The Bertz CT molecular complexity index is 3040. The molecule has 0 spiro atoms. The highest BCUT2D eigenvalue weighted by Crippen LogP contribution is 2.30. The molecule has 3 fully saturated rings. The molecule has 25 heteroatoms. The Morgan fingerprint density at radius 1 is 0.659 bits per heavy atom. The Hall–Kier alpha value is -7.59. The summed E-state index contributed by atoms with van der Waals surface area (Å²) in [5.41, 5.74) is 3.43. The number of likely N-dealkylation sites (N-methyl/N-ethyl adjacent to an activating group) is 1. The number of benzene rings is 4. The fourth-order valence-corrected chi connectivity index (χ4v) is 10.8. The average Bonchev–Trinajstić information content (AvgIpc) is 2.08. The molecule has 7 rings (SSSR count). The summed E-state index contributed by atoms with van der Waals surface area (Å²) >= 11 is 0. The first-order chi connectivity index (χ1) is 41.6. The van der Waals surface area contributed by atoms with Gasteiger partial charge in [0.2, 0.25) is 35.4 Å². The van der Waals surface area contributed by atoms with Crippen LogP contribution in [0, 0.1) is 5.92 Å². The van der Waals surface area contributed by atoms with E-state index in [2.05, 4.69) is 33.5 Å². The number of rotatable bonds is 18. The molecule has 3 saturated heterocycles. The molecule has 7 amide bonds. The van der Waals surface area contributed by atoms with Crippen LogP contribution in [0.1, 0.15) is 81.8 Å². The third kappa shape index (κ3) is 17.2. The third-order valence-electron chi connectivity index (χ3n) is 16.1. The number of quaternary nitrogens is 1. The van der Waals surface area contributed by atoms with E-state index in [0.29, 0.717) is 11.1 Å². The van der Waals surface area contributed by atoms with Crippen molar-refractivity contribution in [2.24, 2.45) is 5.92 Å². The van der Waals surface area contributed by atoms with Crippen LogP contribution in [0.25, 0.3) is 22.3 Å². The van der Waals surface area contributed by atoms with Gasteiger partial charge in [-0.2, -0.15) is 0 Å². The number of hydrogen-bond acceptors (Lipinski definition) is 17. The Morgan fingerprint density at radius 3 is 1.75 bits per heavy atom. The lowest BCUT2D eigenvalue weighted by atomic mass is 9.96. The Balaban J connectivity index is 1.23. The molecule has 0 radical (unpaired) electrons. The highest BCUT2D eigenvalue weighted by molar-refractivity contribution is 6.00. The number of carbonyl (C=O) groups is 7. The van der Waals surface area contributed by atoms with Crippen LogP contribution in [-0.4, -0.2) is 224 Å².